The lowest BCUT2D eigenvalue weighted by Crippen LogP contribution is -2.15. The Balaban J connectivity index is 1.61. The summed E-state index contributed by atoms with van der Waals surface area (Å²) in [6.07, 6.45) is 3.40. The molecule has 1 N–H and O–H groups in total. The smallest absolute Gasteiger partial charge is 0.234 e. The maximum atomic E-state index is 13.9. The summed E-state index contributed by atoms with van der Waals surface area (Å²) >= 11 is 7.09. The van der Waals surface area contributed by atoms with Crippen molar-refractivity contribution in [2.24, 2.45) is 0 Å². The highest BCUT2D eigenvalue weighted by atomic mass is 35.5. The molecular formula is C22H17ClFN5OS. The molecule has 0 bridgehead atoms. The Labute approximate surface area is 187 Å². The molecule has 0 atom stereocenters. The number of hydrogen-bond donors (Lipinski definition) is 1. The van der Waals surface area contributed by atoms with E-state index in [2.05, 4.69) is 20.5 Å². The zero-order valence-corrected chi connectivity index (χ0v) is 18.0. The fraction of sp³-hybridized carbons (Fsp3) is 0.0909. The van der Waals surface area contributed by atoms with Gasteiger partial charge in [-0.15, -0.1) is 10.2 Å². The van der Waals surface area contributed by atoms with E-state index < -0.39 is 5.82 Å². The zero-order valence-electron chi connectivity index (χ0n) is 16.4. The van der Waals surface area contributed by atoms with Gasteiger partial charge in [-0.1, -0.05) is 41.6 Å². The number of hydrogen-bond acceptors (Lipinski definition) is 5. The van der Waals surface area contributed by atoms with E-state index in [-0.39, 0.29) is 17.3 Å². The van der Waals surface area contributed by atoms with Crippen LogP contribution in [0.25, 0.3) is 17.1 Å². The third-order valence-corrected chi connectivity index (χ3v) is 5.61. The van der Waals surface area contributed by atoms with E-state index in [0.29, 0.717) is 16.0 Å². The molecule has 0 fully saturated rings. The molecule has 0 saturated heterocycles. The second-order valence-corrected chi connectivity index (χ2v) is 8.01. The first kappa shape index (κ1) is 21.0. The average molecular weight is 454 g/mol. The fourth-order valence-corrected chi connectivity index (χ4v) is 3.90. The van der Waals surface area contributed by atoms with E-state index in [0.717, 1.165) is 16.8 Å². The number of carbonyl (C=O) groups is 1. The van der Waals surface area contributed by atoms with Gasteiger partial charge in [0.25, 0.3) is 0 Å². The maximum Gasteiger partial charge on any atom is 0.234 e. The molecule has 2 aromatic heterocycles. The number of pyridine rings is 1. The normalized spacial score (nSPS) is 10.8. The topological polar surface area (TPSA) is 72.7 Å². The Morgan fingerprint density at radius 1 is 1.16 bits per heavy atom. The van der Waals surface area contributed by atoms with Gasteiger partial charge in [0.15, 0.2) is 11.0 Å². The number of benzene rings is 2. The lowest BCUT2D eigenvalue weighted by Gasteiger charge is -2.13. The number of rotatable bonds is 6. The highest BCUT2D eigenvalue weighted by Gasteiger charge is 2.19. The van der Waals surface area contributed by atoms with Crippen LogP contribution < -0.4 is 5.32 Å². The number of halogens is 2. The van der Waals surface area contributed by atoms with Crippen LogP contribution in [0.15, 0.2) is 72.1 Å². The van der Waals surface area contributed by atoms with E-state index >= 15 is 0 Å². The number of amides is 1. The summed E-state index contributed by atoms with van der Waals surface area (Å²) in [6, 6.07) is 15.6. The number of carbonyl (C=O) groups excluding carboxylic acids is 1. The van der Waals surface area contributed by atoms with E-state index in [9.17, 15) is 9.18 Å². The summed E-state index contributed by atoms with van der Waals surface area (Å²) in [5.74, 6) is -0.299. The minimum atomic E-state index is -0.551. The van der Waals surface area contributed by atoms with E-state index in [1.54, 1.807) is 12.4 Å². The number of nitrogens with one attached hydrogen (secondary N) is 1. The molecular weight excluding hydrogens is 437 g/mol. The molecule has 0 aliphatic heterocycles. The predicted octanol–water partition coefficient (Wildman–Crippen LogP) is 5.16. The molecule has 0 aliphatic carbocycles. The second-order valence-electron chi connectivity index (χ2n) is 6.63. The van der Waals surface area contributed by atoms with Crippen molar-refractivity contribution in [3.8, 4) is 17.1 Å². The monoisotopic (exact) mass is 453 g/mol. The minimum absolute atomic E-state index is 0.0169. The van der Waals surface area contributed by atoms with Crippen molar-refractivity contribution in [2.45, 2.75) is 12.1 Å². The zero-order chi connectivity index (χ0) is 21.8. The summed E-state index contributed by atoms with van der Waals surface area (Å²) in [5.41, 5.74) is 2.76. The fourth-order valence-electron chi connectivity index (χ4n) is 2.99. The standard InChI is InChI=1S/C22H17ClFN5OS/c1-14-5-2-3-7-19(14)29-21(15-6-4-10-25-12-15)27-28-22(29)31-13-20(30)26-18-11-16(23)8-9-17(18)24/h2-12H,13H2,1H3,(H,26,30). The first-order valence-electron chi connectivity index (χ1n) is 9.32. The number of anilines is 1. The molecule has 0 aliphatic rings. The van der Waals surface area contributed by atoms with Gasteiger partial charge in [-0.05, 0) is 48.9 Å². The van der Waals surface area contributed by atoms with Crippen LogP contribution in [0.4, 0.5) is 10.1 Å². The number of nitrogens with zero attached hydrogens (tertiary/aromatic N) is 4. The second kappa shape index (κ2) is 9.28. The number of thioether (sulfide) groups is 1. The van der Waals surface area contributed by atoms with Gasteiger partial charge >= 0.3 is 0 Å². The molecule has 2 aromatic carbocycles. The van der Waals surface area contributed by atoms with Gasteiger partial charge in [0, 0.05) is 23.0 Å². The van der Waals surface area contributed by atoms with Gasteiger partial charge < -0.3 is 5.32 Å². The quantitative estimate of drug-likeness (QED) is 0.408. The van der Waals surface area contributed by atoms with Crippen LogP contribution in [0.2, 0.25) is 5.02 Å². The lowest BCUT2D eigenvalue weighted by atomic mass is 10.2. The minimum Gasteiger partial charge on any atom is -0.323 e. The van der Waals surface area contributed by atoms with E-state index in [4.69, 9.17) is 11.6 Å². The van der Waals surface area contributed by atoms with Crippen molar-refractivity contribution in [1.29, 1.82) is 0 Å². The lowest BCUT2D eigenvalue weighted by molar-refractivity contribution is -0.113. The van der Waals surface area contributed by atoms with Crippen molar-refractivity contribution in [3.63, 3.8) is 0 Å². The number of para-hydroxylation sites is 1. The SMILES string of the molecule is Cc1ccccc1-n1c(SCC(=O)Nc2cc(Cl)ccc2F)nnc1-c1cccnc1. The van der Waals surface area contributed by atoms with Crippen LogP contribution >= 0.6 is 23.4 Å². The molecule has 0 unspecified atom stereocenters. The maximum absolute atomic E-state index is 13.9. The van der Waals surface area contributed by atoms with Crippen molar-refractivity contribution in [1.82, 2.24) is 19.7 Å². The van der Waals surface area contributed by atoms with Crippen LogP contribution in [0, 0.1) is 12.7 Å². The van der Waals surface area contributed by atoms with Crippen LogP contribution in [0.1, 0.15) is 5.56 Å². The van der Waals surface area contributed by atoms with Gasteiger partial charge in [0.05, 0.1) is 17.1 Å². The highest BCUT2D eigenvalue weighted by molar-refractivity contribution is 7.99. The molecule has 0 spiro atoms. The predicted molar refractivity (Wildman–Crippen MR) is 120 cm³/mol. The molecule has 4 rings (SSSR count). The summed E-state index contributed by atoms with van der Waals surface area (Å²) in [7, 11) is 0. The molecule has 9 heteroatoms. The third-order valence-electron chi connectivity index (χ3n) is 4.44. The largest absolute Gasteiger partial charge is 0.323 e. The van der Waals surface area contributed by atoms with Crippen LogP contribution in [-0.4, -0.2) is 31.4 Å². The molecule has 4 aromatic rings. The Morgan fingerprint density at radius 3 is 2.77 bits per heavy atom. The Hall–Kier alpha value is -3.23. The first-order valence-corrected chi connectivity index (χ1v) is 10.7. The van der Waals surface area contributed by atoms with E-state index in [1.807, 2.05) is 47.9 Å². The van der Waals surface area contributed by atoms with Gasteiger partial charge in [-0.3, -0.25) is 14.3 Å². The molecule has 156 valence electrons. The molecule has 2 heterocycles. The van der Waals surface area contributed by atoms with Gasteiger partial charge in [-0.2, -0.15) is 0 Å². The van der Waals surface area contributed by atoms with Crippen LogP contribution in [-0.2, 0) is 4.79 Å². The Kier molecular flexibility index (Phi) is 6.29. The van der Waals surface area contributed by atoms with Crippen molar-refractivity contribution >= 4 is 35.0 Å². The van der Waals surface area contributed by atoms with Crippen LogP contribution in [0.3, 0.4) is 0 Å². The molecule has 0 radical (unpaired) electrons. The molecule has 6 nitrogen and oxygen atoms in total. The summed E-state index contributed by atoms with van der Waals surface area (Å²) in [4.78, 5) is 16.6. The number of aryl methyl sites for hydroxylation is 1. The number of aromatic nitrogens is 4. The highest BCUT2D eigenvalue weighted by Crippen LogP contribution is 2.29. The van der Waals surface area contributed by atoms with Gasteiger partial charge in [0.1, 0.15) is 5.82 Å². The van der Waals surface area contributed by atoms with Crippen molar-refractivity contribution in [2.75, 3.05) is 11.1 Å². The van der Waals surface area contributed by atoms with Crippen molar-refractivity contribution in [3.05, 3.63) is 83.4 Å². The van der Waals surface area contributed by atoms with E-state index in [1.165, 1.54) is 30.0 Å². The third kappa shape index (κ3) is 4.76. The van der Waals surface area contributed by atoms with Crippen LogP contribution in [0.5, 0.6) is 0 Å². The van der Waals surface area contributed by atoms with Gasteiger partial charge in [-0.25, -0.2) is 4.39 Å². The molecule has 31 heavy (non-hydrogen) atoms. The molecule has 0 saturated carbocycles. The summed E-state index contributed by atoms with van der Waals surface area (Å²) in [5, 5.41) is 12.0. The first-order chi connectivity index (χ1) is 15.0. The van der Waals surface area contributed by atoms with Gasteiger partial charge in [0.2, 0.25) is 5.91 Å². The summed E-state index contributed by atoms with van der Waals surface area (Å²) in [6.45, 7) is 1.99. The molecule has 1 amide bonds. The van der Waals surface area contributed by atoms with Crippen molar-refractivity contribution < 1.29 is 9.18 Å². The Bertz CT molecular complexity index is 1230. The summed E-state index contributed by atoms with van der Waals surface area (Å²) < 4.78 is 15.8. The Morgan fingerprint density at radius 2 is 2.00 bits per heavy atom. The average Bonchev–Trinajstić information content (AvgIpc) is 3.19.